The first-order chi connectivity index (χ1) is 19.0. The summed E-state index contributed by atoms with van der Waals surface area (Å²) >= 11 is 0. The van der Waals surface area contributed by atoms with Crippen LogP contribution in [0.3, 0.4) is 0 Å². The number of anilines is 3. The van der Waals surface area contributed by atoms with E-state index in [0.717, 1.165) is 41.8 Å². The van der Waals surface area contributed by atoms with Gasteiger partial charge in [0.15, 0.2) is 5.82 Å². The molecule has 0 aliphatic heterocycles. The summed E-state index contributed by atoms with van der Waals surface area (Å²) in [5.74, 6) is 0.511. The van der Waals surface area contributed by atoms with Crippen LogP contribution in [0.25, 0.3) is 22.5 Å². The zero-order chi connectivity index (χ0) is 27.2. The molecule has 0 atom stereocenters. The van der Waals surface area contributed by atoms with Crippen molar-refractivity contribution in [3.63, 3.8) is 0 Å². The zero-order valence-electron chi connectivity index (χ0n) is 22.3. The number of nitrogens with zero attached hydrogens (tertiary/aromatic N) is 4. The van der Waals surface area contributed by atoms with Gasteiger partial charge in [-0.1, -0.05) is 75.6 Å². The maximum Gasteiger partial charge on any atom is 0.323 e. The van der Waals surface area contributed by atoms with E-state index < -0.39 is 11.8 Å². The molecule has 202 valence electrons. The van der Waals surface area contributed by atoms with Crippen LogP contribution in [0.1, 0.15) is 46.0 Å². The van der Waals surface area contributed by atoms with Crippen LogP contribution in [-0.4, -0.2) is 39.2 Å². The summed E-state index contributed by atoms with van der Waals surface area (Å²) in [5.41, 5.74) is 4.43. The quantitative estimate of drug-likeness (QED) is 0.227. The Balaban J connectivity index is 1.55. The minimum atomic E-state index is -0.501. The van der Waals surface area contributed by atoms with Crippen LogP contribution in [0.15, 0.2) is 66.7 Å². The number of carbonyl (C=O) groups is 1. The van der Waals surface area contributed by atoms with E-state index in [2.05, 4.69) is 62.1 Å². The lowest BCUT2D eigenvalue weighted by molar-refractivity contribution is 0.262. The molecule has 1 heterocycles. The van der Waals surface area contributed by atoms with Crippen LogP contribution >= 0.6 is 0 Å². The van der Waals surface area contributed by atoms with E-state index in [1.807, 2.05) is 30.3 Å². The molecule has 3 aromatic carbocycles. The largest absolute Gasteiger partial charge is 0.367 e. The molecule has 0 radical (unpaired) electrons. The number of carbonyl (C=O) groups excluding carboxylic acids is 1. The third-order valence-electron chi connectivity index (χ3n) is 7.09. The number of hydrogen-bond acceptors (Lipinski definition) is 5. The van der Waals surface area contributed by atoms with Crippen molar-refractivity contribution in [3.8, 4) is 22.5 Å². The molecule has 2 amide bonds. The van der Waals surface area contributed by atoms with E-state index in [4.69, 9.17) is 0 Å². The molecule has 1 aliphatic rings. The van der Waals surface area contributed by atoms with Crippen molar-refractivity contribution in [1.82, 2.24) is 20.6 Å². The second kappa shape index (κ2) is 12.1. The molecule has 0 unspecified atom stereocenters. The average Bonchev–Trinajstić information content (AvgIpc) is 3.49. The summed E-state index contributed by atoms with van der Waals surface area (Å²) in [4.78, 5) is 15.6. The molecule has 0 bridgehead atoms. The maximum atomic E-state index is 14.3. The fourth-order valence-corrected chi connectivity index (χ4v) is 5.34. The van der Waals surface area contributed by atoms with Gasteiger partial charge in [0.1, 0.15) is 5.82 Å². The predicted molar refractivity (Wildman–Crippen MR) is 153 cm³/mol. The lowest BCUT2D eigenvalue weighted by Crippen LogP contribution is -2.40. The molecule has 9 heteroatoms. The first-order valence-corrected chi connectivity index (χ1v) is 13.6. The molecule has 3 N–H and O–H groups in total. The number of hydrogen-bond donors (Lipinski definition) is 3. The summed E-state index contributed by atoms with van der Waals surface area (Å²) in [6.07, 6.45) is 5.90. The number of aromatic nitrogens is 4. The SMILES string of the molecule is CC(C)CN(c1ccc(-c2ccccc2-c2nnn[nH]2)cc1NC(=O)Nc1ccccc1F)C1CCCCC1. The molecule has 1 saturated carbocycles. The molecule has 1 aliphatic carbocycles. The Morgan fingerprint density at radius 2 is 1.69 bits per heavy atom. The minimum absolute atomic E-state index is 0.127. The summed E-state index contributed by atoms with van der Waals surface area (Å²) < 4.78 is 14.3. The van der Waals surface area contributed by atoms with Crippen molar-refractivity contribution in [1.29, 1.82) is 0 Å². The fraction of sp³-hybridized carbons (Fsp3) is 0.333. The lowest BCUT2D eigenvalue weighted by Gasteiger charge is -2.38. The van der Waals surface area contributed by atoms with Gasteiger partial charge in [-0.15, -0.1) is 5.10 Å². The number of nitrogens with one attached hydrogen (secondary N) is 3. The number of para-hydroxylation sites is 1. The second-order valence-corrected chi connectivity index (χ2v) is 10.4. The Hall–Kier alpha value is -4.27. The van der Waals surface area contributed by atoms with E-state index in [0.29, 0.717) is 23.5 Å². The second-order valence-electron chi connectivity index (χ2n) is 10.4. The van der Waals surface area contributed by atoms with E-state index in [1.54, 1.807) is 18.2 Å². The number of amides is 2. The third-order valence-corrected chi connectivity index (χ3v) is 7.09. The molecular formula is C30H34FN7O. The van der Waals surface area contributed by atoms with E-state index >= 15 is 0 Å². The highest BCUT2D eigenvalue weighted by Crippen LogP contribution is 2.38. The first kappa shape index (κ1) is 26.3. The lowest BCUT2D eigenvalue weighted by atomic mass is 9.92. The van der Waals surface area contributed by atoms with Crippen LogP contribution < -0.4 is 15.5 Å². The third kappa shape index (κ3) is 6.25. The van der Waals surface area contributed by atoms with Gasteiger partial charge >= 0.3 is 6.03 Å². The monoisotopic (exact) mass is 527 g/mol. The van der Waals surface area contributed by atoms with E-state index in [1.165, 1.54) is 25.3 Å². The molecule has 0 spiro atoms. The molecule has 0 saturated heterocycles. The Morgan fingerprint density at radius 3 is 2.41 bits per heavy atom. The van der Waals surface area contributed by atoms with Gasteiger partial charge in [0.2, 0.25) is 0 Å². The van der Waals surface area contributed by atoms with E-state index in [-0.39, 0.29) is 5.69 Å². The van der Waals surface area contributed by atoms with Crippen LogP contribution in [0, 0.1) is 11.7 Å². The predicted octanol–water partition coefficient (Wildman–Crippen LogP) is 7.11. The van der Waals surface area contributed by atoms with Crippen LogP contribution in [0.2, 0.25) is 0 Å². The number of rotatable bonds is 8. The highest BCUT2D eigenvalue weighted by atomic mass is 19.1. The summed E-state index contributed by atoms with van der Waals surface area (Å²) in [6, 6.07) is 20.0. The van der Waals surface area contributed by atoms with Crippen LogP contribution in [0.4, 0.5) is 26.2 Å². The van der Waals surface area contributed by atoms with Gasteiger partial charge in [-0.3, -0.25) is 0 Å². The Bertz CT molecular complexity index is 1400. The van der Waals surface area contributed by atoms with E-state index in [9.17, 15) is 9.18 Å². The first-order valence-electron chi connectivity index (χ1n) is 13.6. The molecule has 8 nitrogen and oxygen atoms in total. The minimum Gasteiger partial charge on any atom is -0.367 e. The fourth-order valence-electron chi connectivity index (χ4n) is 5.34. The number of H-pyrrole nitrogens is 1. The number of urea groups is 1. The Morgan fingerprint density at radius 1 is 0.974 bits per heavy atom. The van der Waals surface area contributed by atoms with Crippen molar-refractivity contribution in [2.24, 2.45) is 5.92 Å². The summed E-state index contributed by atoms with van der Waals surface area (Å²) in [5, 5.41) is 20.1. The van der Waals surface area contributed by atoms with Crippen molar-refractivity contribution in [2.75, 3.05) is 22.1 Å². The summed E-state index contributed by atoms with van der Waals surface area (Å²) in [7, 11) is 0. The van der Waals surface area contributed by atoms with Crippen LogP contribution in [-0.2, 0) is 0 Å². The average molecular weight is 528 g/mol. The van der Waals surface area contributed by atoms with Gasteiger partial charge in [-0.25, -0.2) is 14.3 Å². The van der Waals surface area contributed by atoms with Crippen LogP contribution in [0.5, 0.6) is 0 Å². The molecule has 1 aromatic heterocycles. The molecule has 39 heavy (non-hydrogen) atoms. The smallest absolute Gasteiger partial charge is 0.323 e. The molecular weight excluding hydrogens is 493 g/mol. The van der Waals surface area contributed by atoms with Gasteiger partial charge in [0.05, 0.1) is 17.1 Å². The number of tetrazole rings is 1. The topological polar surface area (TPSA) is 98.8 Å². The van der Waals surface area contributed by atoms with Crippen molar-refractivity contribution >= 4 is 23.1 Å². The number of aromatic amines is 1. The maximum absolute atomic E-state index is 14.3. The van der Waals surface area contributed by atoms with Gasteiger partial charge in [0, 0.05) is 18.2 Å². The highest BCUT2D eigenvalue weighted by Gasteiger charge is 2.25. The summed E-state index contributed by atoms with van der Waals surface area (Å²) in [6.45, 7) is 5.29. The van der Waals surface area contributed by atoms with Gasteiger partial charge in [-0.2, -0.15) is 0 Å². The molecule has 1 fully saturated rings. The van der Waals surface area contributed by atoms with Crippen molar-refractivity contribution in [3.05, 3.63) is 72.5 Å². The Labute approximate surface area is 228 Å². The van der Waals surface area contributed by atoms with Crippen molar-refractivity contribution < 1.29 is 9.18 Å². The highest BCUT2D eigenvalue weighted by molar-refractivity contribution is 6.02. The number of benzene rings is 3. The van der Waals surface area contributed by atoms with Crippen molar-refractivity contribution in [2.45, 2.75) is 52.0 Å². The van der Waals surface area contributed by atoms with Gasteiger partial charge in [0.25, 0.3) is 0 Å². The molecule has 4 aromatic rings. The number of halogens is 1. The Kier molecular flexibility index (Phi) is 8.15. The van der Waals surface area contributed by atoms with Gasteiger partial charge < -0.3 is 15.5 Å². The molecule has 5 rings (SSSR count). The standard InChI is InChI=1S/C30H34FN7O/c1-20(2)19-38(22-10-4-3-5-11-22)28-17-16-21(23-12-6-7-13-24(23)29-34-36-37-35-29)18-27(28)33-30(39)32-26-15-9-8-14-25(26)31/h6-9,12-18,20,22H,3-5,10-11,19H2,1-2H3,(H2,32,33,39)(H,34,35,36,37). The zero-order valence-corrected chi connectivity index (χ0v) is 22.3. The normalized spacial score (nSPS) is 13.8. The van der Waals surface area contributed by atoms with Gasteiger partial charge in [-0.05, 0) is 64.6 Å².